The van der Waals surface area contributed by atoms with E-state index in [-0.39, 0.29) is 24.1 Å². The lowest BCUT2D eigenvalue weighted by Crippen LogP contribution is -2.57. The molecule has 1 amide bonds. The van der Waals surface area contributed by atoms with Gasteiger partial charge in [0.05, 0.1) is 17.4 Å². The Labute approximate surface area is 123 Å². The summed E-state index contributed by atoms with van der Waals surface area (Å²) < 4.78 is 0. The Morgan fingerprint density at radius 3 is 2.62 bits per heavy atom. The number of nitrogens with two attached hydrogens (primary N) is 1. The molecule has 1 heterocycles. The average Bonchev–Trinajstić information content (AvgIpc) is 2.47. The number of benzene rings is 1. The molecule has 21 heavy (non-hydrogen) atoms. The number of hydrogen-bond acceptors (Lipinski definition) is 5. The van der Waals surface area contributed by atoms with Gasteiger partial charge in [-0.25, -0.2) is 0 Å². The molecule has 1 atom stereocenters. The number of nitrogens with zero attached hydrogens (tertiary/aromatic N) is 3. The smallest absolute Gasteiger partial charge is 0.269 e. The van der Waals surface area contributed by atoms with Crippen molar-refractivity contribution in [3.05, 3.63) is 39.9 Å². The number of nitro benzene ring substituents is 1. The van der Waals surface area contributed by atoms with Crippen LogP contribution in [-0.2, 0) is 11.2 Å². The summed E-state index contributed by atoms with van der Waals surface area (Å²) >= 11 is 0. The fraction of sp³-hybridized carbons (Fsp3) is 0.500. The van der Waals surface area contributed by atoms with Crippen LogP contribution in [0.5, 0.6) is 0 Å². The van der Waals surface area contributed by atoms with Crippen LogP contribution in [0.4, 0.5) is 5.69 Å². The van der Waals surface area contributed by atoms with Crippen LogP contribution in [0.1, 0.15) is 5.56 Å². The third-order valence-corrected chi connectivity index (χ3v) is 3.78. The minimum Gasteiger partial charge on any atom is -0.336 e. The molecule has 2 N–H and O–H groups in total. The summed E-state index contributed by atoms with van der Waals surface area (Å²) in [6.07, 6.45) is 0.248. The van der Waals surface area contributed by atoms with Crippen LogP contribution in [-0.4, -0.2) is 59.9 Å². The quantitative estimate of drug-likeness (QED) is 0.634. The number of nitro groups is 1. The molecule has 0 bridgehead atoms. The van der Waals surface area contributed by atoms with Gasteiger partial charge in [0.25, 0.3) is 5.69 Å². The van der Waals surface area contributed by atoms with Gasteiger partial charge in [-0.1, -0.05) is 12.1 Å². The van der Waals surface area contributed by atoms with Crippen molar-refractivity contribution in [3.63, 3.8) is 0 Å². The molecule has 114 valence electrons. The standard InChI is InChI=1S/C14H20N4O3/c1-16-6-7-17(13(9-15)10-16)14(19)8-11-2-4-12(5-3-11)18(20)21/h2-5,13H,6-10,15H2,1H3. The molecule has 0 spiro atoms. The Hall–Kier alpha value is -1.99. The maximum Gasteiger partial charge on any atom is 0.269 e. The van der Waals surface area contributed by atoms with Crippen molar-refractivity contribution < 1.29 is 9.72 Å². The Morgan fingerprint density at radius 1 is 1.38 bits per heavy atom. The second-order valence-electron chi connectivity index (χ2n) is 5.34. The van der Waals surface area contributed by atoms with Gasteiger partial charge in [0.2, 0.25) is 5.91 Å². The molecule has 1 aliphatic heterocycles. The van der Waals surface area contributed by atoms with Gasteiger partial charge in [-0.15, -0.1) is 0 Å². The highest BCUT2D eigenvalue weighted by atomic mass is 16.6. The van der Waals surface area contributed by atoms with E-state index in [0.717, 1.165) is 18.7 Å². The zero-order valence-electron chi connectivity index (χ0n) is 12.1. The van der Waals surface area contributed by atoms with Gasteiger partial charge in [-0.3, -0.25) is 14.9 Å². The van der Waals surface area contributed by atoms with Crippen LogP contribution in [0.15, 0.2) is 24.3 Å². The Kier molecular flexibility index (Phi) is 4.87. The minimum atomic E-state index is -0.448. The fourth-order valence-electron chi connectivity index (χ4n) is 2.55. The second kappa shape index (κ2) is 6.64. The maximum absolute atomic E-state index is 12.4. The molecular weight excluding hydrogens is 272 g/mol. The molecule has 0 saturated carbocycles. The summed E-state index contributed by atoms with van der Waals surface area (Å²) in [4.78, 5) is 26.5. The predicted octanol–water partition coefficient (Wildman–Crippen LogP) is 0.239. The number of hydrogen-bond donors (Lipinski definition) is 1. The topological polar surface area (TPSA) is 92.7 Å². The zero-order chi connectivity index (χ0) is 15.4. The largest absolute Gasteiger partial charge is 0.336 e. The van der Waals surface area contributed by atoms with Crippen LogP contribution >= 0.6 is 0 Å². The first kappa shape index (κ1) is 15.4. The Morgan fingerprint density at radius 2 is 2.05 bits per heavy atom. The molecule has 0 aliphatic carbocycles. The van der Waals surface area contributed by atoms with E-state index in [9.17, 15) is 14.9 Å². The van der Waals surface area contributed by atoms with Gasteiger partial charge in [-0.2, -0.15) is 0 Å². The molecule has 7 heteroatoms. The van der Waals surface area contributed by atoms with Crippen LogP contribution in [0.25, 0.3) is 0 Å². The van der Waals surface area contributed by atoms with Crippen molar-refractivity contribution >= 4 is 11.6 Å². The van der Waals surface area contributed by atoms with Gasteiger partial charge in [-0.05, 0) is 12.6 Å². The van der Waals surface area contributed by atoms with Gasteiger partial charge < -0.3 is 15.5 Å². The number of rotatable bonds is 4. The van der Waals surface area contributed by atoms with E-state index in [1.807, 2.05) is 11.9 Å². The first-order valence-electron chi connectivity index (χ1n) is 6.92. The number of carbonyl (C=O) groups excluding carboxylic acids is 1. The van der Waals surface area contributed by atoms with E-state index in [1.54, 1.807) is 12.1 Å². The Balaban J connectivity index is 2.01. The molecule has 0 aromatic heterocycles. The summed E-state index contributed by atoms with van der Waals surface area (Å²) in [6.45, 7) is 2.73. The van der Waals surface area contributed by atoms with Crippen molar-refractivity contribution in [2.24, 2.45) is 5.73 Å². The molecular formula is C14H20N4O3. The van der Waals surface area contributed by atoms with Gasteiger partial charge in [0.1, 0.15) is 0 Å². The minimum absolute atomic E-state index is 0.0207. The van der Waals surface area contributed by atoms with Gasteiger partial charge in [0, 0.05) is 38.3 Å². The highest BCUT2D eigenvalue weighted by Crippen LogP contribution is 2.15. The van der Waals surface area contributed by atoms with E-state index >= 15 is 0 Å². The molecule has 1 aromatic rings. The lowest BCUT2D eigenvalue weighted by atomic mass is 10.1. The van der Waals surface area contributed by atoms with Crippen molar-refractivity contribution in [1.82, 2.24) is 9.80 Å². The molecule has 1 saturated heterocycles. The maximum atomic E-state index is 12.4. The van der Waals surface area contributed by atoms with Gasteiger partial charge >= 0.3 is 0 Å². The second-order valence-corrected chi connectivity index (χ2v) is 5.34. The lowest BCUT2D eigenvalue weighted by molar-refractivity contribution is -0.384. The van der Waals surface area contributed by atoms with Crippen molar-refractivity contribution in [2.75, 3.05) is 33.2 Å². The first-order chi connectivity index (χ1) is 10.0. The van der Waals surface area contributed by atoms with Crippen molar-refractivity contribution in [3.8, 4) is 0 Å². The molecule has 0 radical (unpaired) electrons. The Bertz CT molecular complexity index is 517. The highest BCUT2D eigenvalue weighted by Gasteiger charge is 2.27. The third-order valence-electron chi connectivity index (χ3n) is 3.78. The van der Waals surface area contributed by atoms with Crippen LogP contribution < -0.4 is 5.73 Å². The summed E-state index contributed by atoms with van der Waals surface area (Å²) in [5, 5.41) is 10.6. The van der Waals surface area contributed by atoms with Crippen LogP contribution in [0.3, 0.4) is 0 Å². The third kappa shape index (κ3) is 3.77. The summed E-state index contributed by atoms with van der Waals surface area (Å²) in [6, 6.07) is 6.14. The molecule has 1 aromatic carbocycles. The number of amides is 1. The zero-order valence-corrected chi connectivity index (χ0v) is 12.1. The monoisotopic (exact) mass is 292 g/mol. The molecule has 1 fully saturated rings. The highest BCUT2D eigenvalue weighted by molar-refractivity contribution is 5.79. The number of non-ortho nitro benzene ring substituents is 1. The SMILES string of the molecule is CN1CCN(C(=O)Cc2ccc([N+](=O)[O-])cc2)C(CN)C1. The fourth-order valence-corrected chi connectivity index (χ4v) is 2.55. The number of carbonyl (C=O) groups is 1. The van der Waals surface area contributed by atoms with Crippen molar-refractivity contribution in [2.45, 2.75) is 12.5 Å². The summed E-state index contributed by atoms with van der Waals surface area (Å²) in [5.74, 6) is 0.0207. The van der Waals surface area contributed by atoms with Crippen molar-refractivity contribution in [1.29, 1.82) is 0 Å². The summed E-state index contributed by atoms with van der Waals surface area (Å²) in [5.41, 5.74) is 6.56. The molecule has 1 aliphatic rings. The van der Waals surface area contributed by atoms with Crippen LogP contribution in [0, 0.1) is 10.1 Å². The van der Waals surface area contributed by atoms with E-state index in [2.05, 4.69) is 4.90 Å². The van der Waals surface area contributed by atoms with Crippen LogP contribution in [0.2, 0.25) is 0 Å². The molecule has 1 unspecified atom stereocenters. The van der Waals surface area contributed by atoms with E-state index in [1.165, 1.54) is 12.1 Å². The lowest BCUT2D eigenvalue weighted by Gasteiger charge is -2.39. The van der Waals surface area contributed by atoms with Gasteiger partial charge in [0.15, 0.2) is 0 Å². The van der Waals surface area contributed by atoms with E-state index in [0.29, 0.717) is 13.1 Å². The number of piperazine rings is 1. The first-order valence-corrected chi connectivity index (χ1v) is 6.92. The van der Waals surface area contributed by atoms with E-state index < -0.39 is 4.92 Å². The molecule has 2 rings (SSSR count). The average molecular weight is 292 g/mol. The predicted molar refractivity (Wildman–Crippen MR) is 78.9 cm³/mol. The normalized spacial score (nSPS) is 19.5. The number of likely N-dealkylation sites (N-methyl/N-ethyl adjacent to an activating group) is 1. The summed E-state index contributed by atoms with van der Waals surface area (Å²) in [7, 11) is 2.01. The molecule has 7 nitrogen and oxygen atoms in total. The van der Waals surface area contributed by atoms with E-state index in [4.69, 9.17) is 5.73 Å².